The van der Waals surface area contributed by atoms with Crippen molar-refractivity contribution in [1.82, 2.24) is 0 Å². The summed E-state index contributed by atoms with van der Waals surface area (Å²) in [5.41, 5.74) is 2.86. The molecule has 0 radical (unpaired) electrons. The Morgan fingerprint density at radius 2 is 1.46 bits per heavy atom. The van der Waals surface area contributed by atoms with Gasteiger partial charge in [0.05, 0.1) is 16.6 Å². The predicted molar refractivity (Wildman–Crippen MR) is 119 cm³/mol. The zero-order valence-corrected chi connectivity index (χ0v) is 18.1. The van der Waals surface area contributed by atoms with Crippen LogP contribution in [0.2, 0.25) is 0 Å². The van der Waals surface area contributed by atoms with Crippen molar-refractivity contribution < 1.29 is 9.31 Å². The van der Waals surface area contributed by atoms with Crippen molar-refractivity contribution in [3.05, 3.63) is 83.3 Å². The first-order valence-electron chi connectivity index (χ1n) is 10.1. The van der Waals surface area contributed by atoms with Gasteiger partial charge in [-0.3, -0.25) is 0 Å². The Balaban J connectivity index is 1.76. The summed E-state index contributed by atoms with van der Waals surface area (Å²) in [4.78, 5) is 0. The molecule has 3 rings (SSSR count). The molecule has 0 aromatic heterocycles. The Hall–Kier alpha value is -1.55. The van der Waals surface area contributed by atoms with Crippen LogP contribution in [0.1, 0.15) is 57.0 Å². The Morgan fingerprint density at radius 3 is 2.04 bits per heavy atom. The number of hydrogen-bond acceptors (Lipinski definition) is 2. The van der Waals surface area contributed by atoms with Gasteiger partial charge in [-0.2, -0.15) is 0 Å². The van der Waals surface area contributed by atoms with Gasteiger partial charge in [-0.1, -0.05) is 66.7 Å². The van der Waals surface area contributed by atoms with E-state index in [2.05, 4.69) is 70.2 Å². The molecule has 0 spiro atoms. The highest BCUT2D eigenvalue weighted by Gasteiger charge is 2.52. The Bertz CT molecular complexity index is 771. The van der Waals surface area contributed by atoms with Gasteiger partial charge in [-0.15, -0.1) is 11.6 Å². The van der Waals surface area contributed by atoms with Crippen molar-refractivity contribution >= 4 is 18.7 Å². The minimum absolute atomic E-state index is 0.108. The highest BCUT2D eigenvalue weighted by Crippen LogP contribution is 2.41. The van der Waals surface area contributed by atoms with Crippen molar-refractivity contribution in [2.75, 3.05) is 0 Å². The quantitative estimate of drug-likeness (QED) is 0.390. The van der Waals surface area contributed by atoms with E-state index in [1.807, 2.05) is 24.3 Å². The third-order valence-electron chi connectivity index (χ3n) is 5.81. The van der Waals surface area contributed by atoms with Crippen LogP contribution in [0, 0.1) is 0 Å². The van der Waals surface area contributed by atoms with E-state index >= 15 is 0 Å². The third-order valence-corrected chi connectivity index (χ3v) is 6.22. The van der Waals surface area contributed by atoms with E-state index in [0.29, 0.717) is 6.42 Å². The maximum atomic E-state index is 6.77. The van der Waals surface area contributed by atoms with Crippen molar-refractivity contribution in [2.45, 2.75) is 63.5 Å². The molecular weight excluding hydrogens is 367 g/mol. The van der Waals surface area contributed by atoms with Gasteiger partial charge in [0, 0.05) is 0 Å². The van der Waals surface area contributed by atoms with Crippen LogP contribution in [0.3, 0.4) is 0 Å². The molecule has 148 valence electrons. The first kappa shape index (κ1) is 21.2. The number of benzene rings is 2. The highest BCUT2D eigenvalue weighted by atomic mass is 35.5. The Kier molecular flexibility index (Phi) is 6.70. The molecule has 0 saturated carbocycles. The maximum absolute atomic E-state index is 6.77. The zero-order chi connectivity index (χ0) is 20.2. The molecule has 0 N–H and O–H groups in total. The van der Waals surface area contributed by atoms with Crippen LogP contribution in [0.25, 0.3) is 0 Å². The summed E-state index contributed by atoms with van der Waals surface area (Å²) in [5, 5.41) is -0.108. The third kappa shape index (κ3) is 5.08. The van der Waals surface area contributed by atoms with Crippen LogP contribution in [0.4, 0.5) is 0 Å². The summed E-state index contributed by atoms with van der Waals surface area (Å²) in [6.07, 6.45) is 4.88. The van der Waals surface area contributed by atoms with Gasteiger partial charge in [0.1, 0.15) is 0 Å². The van der Waals surface area contributed by atoms with E-state index in [9.17, 15) is 0 Å². The summed E-state index contributed by atoms with van der Waals surface area (Å²) in [7, 11) is -0.356. The van der Waals surface area contributed by atoms with E-state index < -0.39 is 0 Å². The van der Waals surface area contributed by atoms with Crippen LogP contribution >= 0.6 is 11.6 Å². The predicted octanol–water partition coefficient (Wildman–Crippen LogP) is 6.55. The largest absolute Gasteiger partial charge is 0.490 e. The van der Waals surface area contributed by atoms with Crippen LogP contribution < -0.4 is 0 Å². The molecule has 1 heterocycles. The first-order chi connectivity index (χ1) is 13.3. The fraction of sp³-hybridized carbons (Fsp3) is 0.417. The molecular formula is C24H30BClO2. The SMILES string of the molecule is CC1(C)OB(/C(=C\CCc2ccccc2)CC(Cl)c2ccccc2)OC1(C)C. The van der Waals surface area contributed by atoms with E-state index in [-0.39, 0.29) is 23.7 Å². The van der Waals surface area contributed by atoms with Crippen molar-refractivity contribution in [1.29, 1.82) is 0 Å². The lowest BCUT2D eigenvalue weighted by atomic mass is 9.74. The maximum Gasteiger partial charge on any atom is 0.490 e. The summed E-state index contributed by atoms with van der Waals surface area (Å²) >= 11 is 6.77. The van der Waals surface area contributed by atoms with Gasteiger partial charge in [0.15, 0.2) is 0 Å². The average molecular weight is 397 g/mol. The van der Waals surface area contributed by atoms with Crippen LogP contribution in [-0.2, 0) is 15.7 Å². The standard InChI is InChI=1S/C24H30BClO2/c1-23(2)24(3,4)28-25(27-23)21(17-11-14-19-12-7-5-8-13-19)18-22(26)20-15-9-6-10-16-20/h5-10,12-13,15-17,22H,11,14,18H2,1-4H3/b21-17-. The zero-order valence-electron chi connectivity index (χ0n) is 17.3. The fourth-order valence-corrected chi connectivity index (χ4v) is 3.65. The number of halogens is 1. The normalized spacial score (nSPS) is 19.6. The lowest BCUT2D eigenvalue weighted by molar-refractivity contribution is 0.00578. The van der Waals surface area contributed by atoms with Gasteiger partial charge < -0.3 is 9.31 Å². The Labute approximate surface area is 175 Å². The van der Waals surface area contributed by atoms with E-state index in [0.717, 1.165) is 23.9 Å². The monoisotopic (exact) mass is 396 g/mol. The van der Waals surface area contributed by atoms with Crippen molar-refractivity contribution in [3.8, 4) is 0 Å². The molecule has 0 bridgehead atoms. The molecule has 1 saturated heterocycles. The van der Waals surface area contributed by atoms with E-state index in [4.69, 9.17) is 20.9 Å². The summed E-state index contributed by atoms with van der Waals surface area (Å²) in [6.45, 7) is 8.35. The van der Waals surface area contributed by atoms with Gasteiger partial charge in [0.25, 0.3) is 0 Å². The summed E-state index contributed by atoms with van der Waals surface area (Å²) < 4.78 is 12.6. The minimum atomic E-state index is -0.356. The lowest BCUT2D eigenvalue weighted by Gasteiger charge is -2.32. The second kappa shape index (κ2) is 8.86. The van der Waals surface area contributed by atoms with Crippen molar-refractivity contribution in [2.24, 2.45) is 0 Å². The second-order valence-corrected chi connectivity index (χ2v) is 9.00. The van der Waals surface area contributed by atoms with Gasteiger partial charge in [0.2, 0.25) is 0 Å². The Morgan fingerprint density at radius 1 is 0.929 bits per heavy atom. The summed E-state index contributed by atoms with van der Waals surface area (Å²) in [5.74, 6) is 0. The van der Waals surface area contributed by atoms with Crippen LogP contribution in [0.5, 0.6) is 0 Å². The molecule has 28 heavy (non-hydrogen) atoms. The topological polar surface area (TPSA) is 18.5 Å². The molecule has 2 nitrogen and oxygen atoms in total. The minimum Gasteiger partial charge on any atom is -0.400 e. The molecule has 1 aliphatic heterocycles. The number of aryl methyl sites for hydroxylation is 1. The molecule has 1 atom stereocenters. The van der Waals surface area contributed by atoms with Gasteiger partial charge in [-0.25, -0.2) is 0 Å². The molecule has 4 heteroatoms. The van der Waals surface area contributed by atoms with Crippen molar-refractivity contribution in [3.63, 3.8) is 0 Å². The van der Waals surface area contributed by atoms with Gasteiger partial charge >= 0.3 is 7.12 Å². The molecule has 1 aliphatic rings. The van der Waals surface area contributed by atoms with Crippen LogP contribution in [-0.4, -0.2) is 18.3 Å². The summed E-state index contributed by atoms with van der Waals surface area (Å²) in [6, 6.07) is 20.7. The molecule has 0 amide bonds. The van der Waals surface area contributed by atoms with E-state index in [1.54, 1.807) is 0 Å². The number of alkyl halides is 1. The molecule has 0 aliphatic carbocycles. The number of rotatable bonds is 7. The molecule has 1 fully saturated rings. The van der Waals surface area contributed by atoms with E-state index in [1.165, 1.54) is 5.56 Å². The highest BCUT2D eigenvalue weighted by molar-refractivity contribution is 6.54. The second-order valence-electron chi connectivity index (χ2n) is 8.47. The van der Waals surface area contributed by atoms with Crippen LogP contribution in [0.15, 0.2) is 72.2 Å². The molecule has 2 aromatic rings. The molecule has 2 aromatic carbocycles. The lowest BCUT2D eigenvalue weighted by Crippen LogP contribution is -2.41. The number of allylic oxidation sites excluding steroid dienone is 2. The first-order valence-corrected chi connectivity index (χ1v) is 10.5. The average Bonchev–Trinajstić information content (AvgIpc) is 2.89. The fourth-order valence-electron chi connectivity index (χ4n) is 3.33. The molecule has 1 unspecified atom stereocenters. The smallest absolute Gasteiger partial charge is 0.400 e. The van der Waals surface area contributed by atoms with Gasteiger partial charge in [-0.05, 0) is 63.6 Å². The number of hydrogen-bond donors (Lipinski definition) is 0.